The van der Waals surface area contributed by atoms with Gasteiger partial charge in [-0.15, -0.1) is 0 Å². The van der Waals surface area contributed by atoms with Crippen LogP contribution in [-0.2, 0) is 0 Å². The number of rotatable bonds is 4. The number of aromatic nitrogens is 2. The minimum absolute atomic E-state index is 0.208. The van der Waals surface area contributed by atoms with Gasteiger partial charge in [0.15, 0.2) is 5.82 Å². The molecule has 128 valence electrons. The first-order valence-electron chi connectivity index (χ1n) is 7.88. The van der Waals surface area contributed by atoms with E-state index in [1.165, 1.54) is 6.07 Å². The van der Waals surface area contributed by atoms with E-state index in [9.17, 15) is 9.18 Å². The zero-order valence-corrected chi connectivity index (χ0v) is 14.2. The predicted octanol–water partition coefficient (Wildman–Crippen LogP) is 3.65. The number of amides is 1. The van der Waals surface area contributed by atoms with E-state index in [-0.39, 0.29) is 17.3 Å². The Hall–Kier alpha value is -3.02. The van der Waals surface area contributed by atoms with Crippen LogP contribution in [0.2, 0.25) is 0 Å². The van der Waals surface area contributed by atoms with Gasteiger partial charge < -0.3 is 9.84 Å². The smallest absolute Gasteiger partial charge is 0.252 e. The van der Waals surface area contributed by atoms with E-state index in [0.717, 1.165) is 11.1 Å². The van der Waals surface area contributed by atoms with Crippen LogP contribution in [0.3, 0.4) is 0 Å². The minimum Gasteiger partial charge on any atom is -0.340 e. The van der Waals surface area contributed by atoms with Gasteiger partial charge in [0.2, 0.25) is 5.89 Å². The lowest BCUT2D eigenvalue weighted by atomic mass is 10.0. The molecule has 0 radical (unpaired) electrons. The topological polar surface area (TPSA) is 68.0 Å². The van der Waals surface area contributed by atoms with Crippen LogP contribution >= 0.6 is 0 Å². The number of hydrogen-bond donors (Lipinski definition) is 1. The summed E-state index contributed by atoms with van der Waals surface area (Å²) in [6, 6.07) is 10.8. The lowest BCUT2D eigenvalue weighted by Crippen LogP contribution is -2.30. The molecule has 25 heavy (non-hydrogen) atoms. The fraction of sp³-hybridized carbons (Fsp3) is 0.211. The van der Waals surface area contributed by atoms with E-state index in [4.69, 9.17) is 4.52 Å². The van der Waals surface area contributed by atoms with Crippen molar-refractivity contribution < 1.29 is 13.7 Å². The SMILES string of the molecule is Cc1nc(C(NC(=O)c2ccc(C)c(C)c2)c2ccccc2F)no1. The molecule has 0 aliphatic rings. The van der Waals surface area contributed by atoms with E-state index in [2.05, 4.69) is 15.5 Å². The average Bonchev–Trinajstić information content (AvgIpc) is 3.02. The lowest BCUT2D eigenvalue weighted by molar-refractivity contribution is 0.0940. The number of nitrogens with zero attached hydrogens (tertiary/aromatic N) is 2. The van der Waals surface area contributed by atoms with E-state index in [1.807, 2.05) is 19.9 Å². The second-order valence-corrected chi connectivity index (χ2v) is 5.90. The van der Waals surface area contributed by atoms with Gasteiger partial charge in [-0.2, -0.15) is 4.98 Å². The number of aryl methyl sites for hydroxylation is 3. The Kier molecular flexibility index (Phi) is 4.61. The Morgan fingerprint density at radius 1 is 1.12 bits per heavy atom. The highest BCUT2D eigenvalue weighted by atomic mass is 19.1. The standard InChI is InChI=1S/C19H18FN3O2/c1-11-8-9-14(10-12(11)2)19(24)22-17(18-21-13(3)25-23-18)15-6-4-5-7-16(15)20/h4-10,17H,1-3H3,(H,22,24). The fourth-order valence-electron chi connectivity index (χ4n) is 2.52. The molecular weight excluding hydrogens is 321 g/mol. The van der Waals surface area contributed by atoms with Gasteiger partial charge in [-0.05, 0) is 43.2 Å². The van der Waals surface area contributed by atoms with Crippen LogP contribution in [0.4, 0.5) is 4.39 Å². The van der Waals surface area contributed by atoms with Gasteiger partial charge in [0.1, 0.15) is 11.9 Å². The Labute approximate surface area is 144 Å². The minimum atomic E-state index is -0.840. The largest absolute Gasteiger partial charge is 0.340 e. The van der Waals surface area contributed by atoms with Crippen LogP contribution in [0.1, 0.15) is 44.8 Å². The number of halogens is 1. The molecule has 1 heterocycles. The average molecular weight is 339 g/mol. The fourth-order valence-corrected chi connectivity index (χ4v) is 2.52. The van der Waals surface area contributed by atoms with Crippen LogP contribution in [0, 0.1) is 26.6 Å². The molecule has 1 unspecified atom stereocenters. The van der Waals surface area contributed by atoms with E-state index in [1.54, 1.807) is 37.3 Å². The van der Waals surface area contributed by atoms with E-state index < -0.39 is 11.9 Å². The van der Waals surface area contributed by atoms with Gasteiger partial charge >= 0.3 is 0 Å². The third-order valence-corrected chi connectivity index (χ3v) is 4.06. The quantitative estimate of drug-likeness (QED) is 0.788. The summed E-state index contributed by atoms with van der Waals surface area (Å²) in [4.78, 5) is 16.8. The monoisotopic (exact) mass is 339 g/mol. The van der Waals surface area contributed by atoms with Crippen molar-refractivity contribution in [3.8, 4) is 0 Å². The molecule has 6 heteroatoms. The van der Waals surface area contributed by atoms with Gasteiger partial charge in [-0.1, -0.05) is 29.4 Å². The predicted molar refractivity (Wildman–Crippen MR) is 90.7 cm³/mol. The van der Waals surface area contributed by atoms with Crippen molar-refractivity contribution in [1.82, 2.24) is 15.5 Å². The zero-order valence-electron chi connectivity index (χ0n) is 14.2. The van der Waals surface area contributed by atoms with Gasteiger partial charge in [-0.25, -0.2) is 4.39 Å². The van der Waals surface area contributed by atoms with Gasteiger partial charge in [-0.3, -0.25) is 4.79 Å². The molecule has 1 aromatic heterocycles. The number of carbonyl (C=O) groups excluding carboxylic acids is 1. The summed E-state index contributed by atoms with van der Waals surface area (Å²) in [5.74, 6) is -0.231. The normalized spacial score (nSPS) is 12.0. The Morgan fingerprint density at radius 3 is 2.52 bits per heavy atom. The van der Waals surface area contributed by atoms with Gasteiger partial charge in [0.25, 0.3) is 5.91 Å². The Bertz CT molecular complexity index is 921. The summed E-state index contributed by atoms with van der Waals surface area (Å²) >= 11 is 0. The first kappa shape index (κ1) is 16.8. The summed E-state index contributed by atoms with van der Waals surface area (Å²) in [6.45, 7) is 5.55. The second-order valence-electron chi connectivity index (χ2n) is 5.90. The van der Waals surface area contributed by atoms with E-state index in [0.29, 0.717) is 11.5 Å². The maximum absolute atomic E-state index is 14.3. The van der Waals surface area contributed by atoms with Gasteiger partial charge in [0, 0.05) is 18.1 Å². The third-order valence-electron chi connectivity index (χ3n) is 4.06. The van der Waals surface area contributed by atoms with Crippen molar-refractivity contribution in [2.45, 2.75) is 26.8 Å². The molecule has 1 atom stereocenters. The Balaban J connectivity index is 1.96. The first-order valence-corrected chi connectivity index (χ1v) is 7.88. The highest BCUT2D eigenvalue weighted by Gasteiger charge is 2.25. The van der Waals surface area contributed by atoms with Crippen LogP contribution in [-0.4, -0.2) is 16.0 Å². The molecule has 0 aliphatic heterocycles. The van der Waals surface area contributed by atoms with E-state index >= 15 is 0 Å². The number of carbonyl (C=O) groups is 1. The molecule has 1 amide bonds. The van der Waals surface area contributed by atoms with Crippen molar-refractivity contribution in [3.63, 3.8) is 0 Å². The second kappa shape index (κ2) is 6.84. The zero-order chi connectivity index (χ0) is 18.0. The number of hydrogen-bond acceptors (Lipinski definition) is 4. The molecule has 1 N–H and O–H groups in total. The summed E-state index contributed by atoms with van der Waals surface area (Å²) in [6.07, 6.45) is 0. The molecule has 0 aliphatic carbocycles. The van der Waals surface area contributed by atoms with Crippen molar-refractivity contribution in [2.75, 3.05) is 0 Å². The van der Waals surface area contributed by atoms with Crippen molar-refractivity contribution >= 4 is 5.91 Å². The molecule has 5 nitrogen and oxygen atoms in total. The molecule has 2 aromatic carbocycles. The number of nitrogens with one attached hydrogen (secondary N) is 1. The van der Waals surface area contributed by atoms with Crippen LogP contribution in [0.25, 0.3) is 0 Å². The molecule has 0 fully saturated rings. The Morgan fingerprint density at radius 2 is 1.88 bits per heavy atom. The maximum Gasteiger partial charge on any atom is 0.252 e. The van der Waals surface area contributed by atoms with Crippen molar-refractivity contribution in [1.29, 1.82) is 0 Å². The molecule has 0 saturated heterocycles. The molecule has 3 aromatic rings. The van der Waals surface area contributed by atoms with Gasteiger partial charge in [0.05, 0.1) is 0 Å². The molecule has 0 bridgehead atoms. The molecule has 0 saturated carbocycles. The molecule has 3 rings (SSSR count). The van der Waals surface area contributed by atoms with Crippen LogP contribution < -0.4 is 5.32 Å². The molecular formula is C19H18FN3O2. The highest BCUT2D eigenvalue weighted by molar-refractivity contribution is 5.94. The third kappa shape index (κ3) is 3.57. The highest BCUT2D eigenvalue weighted by Crippen LogP contribution is 2.23. The van der Waals surface area contributed by atoms with Crippen molar-refractivity contribution in [2.24, 2.45) is 0 Å². The summed E-state index contributed by atoms with van der Waals surface area (Å²) in [5.41, 5.74) is 2.87. The summed E-state index contributed by atoms with van der Waals surface area (Å²) < 4.78 is 19.3. The molecule has 0 spiro atoms. The van der Waals surface area contributed by atoms with Crippen LogP contribution in [0.5, 0.6) is 0 Å². The maximum atomic E-state index is 14.3. The lowest BCUT2D eigenvalue weighted by Gasteiger charge is -2.17. The summed E-state index contributed by atoms with van der Waals surface area (Å²) in [5, 5.41) is 6.65. The summed E-state index contributed by atoms with van der Waals surface area (Å²) in [7, 11) is 0. The first-order chi connectivity index (χ1) is 12.0. The number of benzene rings is 2. The van der Waals surface area contributed by atoms with Crippen LogP contribution in [0.15, 0.2) is 47.0 Å². The van der Waals surface area contributed by atoms with Crippen molar-refractivity contribution in [3.05, 3.63) is 82.3 Å².